The molecule has 0 unspecified atom stereocenters. The molecule has 1 N–H and O–H groups in total. The van der Waals surface area contributed by atoms with E-state index in [2.05, 4.69) is 5.32 Å². The smallest absolute Gasteiger partial charge is 0.338 e. The Hall–Kier alpha value is -3.68. The summed E-state index contributed by atoms with van der Waals surface area (Å²) in [6.45, 7) is 6.47. The van der Waals surface area contributed by atoms with Crippen molar-refractivity contribution < 1.29 is 23.9 Å². The summed E-state index contributed by atoms with van der Waals surface area (Å²) < 4.78 is 4.95. The Bertz CT molecular complexity index is 1000. The third-order valence-electron chi connectivity index (χ3n) is 5.34. The number of nitrogens with one attached hydrogen (secondary N) is 1. The molecule has 2 aromatic carbocycles. The highest BCUT2D eigenvalue weighted by Crippen LogP contribution is 2.27. The van der Waals surface area contributed by atoms with Gasteiger partial charge in [0.2, 0.25) is 5.91 Å². The molecule has 0 aromatic heterocycles. The lowest BCUT2D eigenvalue weighted by molar-refractivity contribution is -0.124. The highest BCUT2D eigenvalue weighted by molar-refractivity contribution is 6.22. The Balaban J connectivity index is 1.73. The van der Waals surface area contributed by atoms with Crippen molar-refractivity contribution in [2.45, 2.75) is 39.7 Å². The summed E-state index contributed by atoms with van der Waals surface area (Å²) >= 11 is 0. The molecule has 0 radical (unpaired) electrons. The summed E-state index contributed by atoms with van der Waals surface area (Å²) in [7, 11) is 0. The third-order valence-corrected chi connectivity index (χ3v) is 5.34. The molecule has 0 saturated carbocycles. The fourth-order valence-corrected chi connectivity index (χ4v) is 3.59. The summed E-state index contributed by atoms with van der Waals surface area (Å²) in [5.41, 5.74) is 1.35. The summed E-state index contributed by atoms with van der Waals surface area (Å²) in [5.74, 6) is -0.907. The first-order valence-electron chi connectivity index (χ1n) is 11.1. The molecule has 1 fully saturated rings. The highest BCUT2D eigenvalue weighted by Gasteiger charge is 2.46. The zero-order chi connectivity index (χ0) is 24.0. The van der Waals surface area contributed by atoms with Crippen molar-refractivity contribution in [1.29, 1.82) is 0 Å². The van der Waals surface area contributed by atoms with Gasteiger partial charge in [-0.25, -0.2) is 14.5 Å². The number of carbonyl (C=O) groups is 4. The number of ether oxygens (including phenoxy) is 1. The molecule has 1 atom stereocenters. The van der Waals surface area contributed by atoms with Crippen LogP contribution in [0.4, 0.5) is 16.2 Å². The van der Waals surface area contributed by atoms with Gasteiger partial charge in [0, 0.05) is 12.2 Å². The van der Waals surface area contributed by atoms with E-state index in [9.17, 15) is 19.2 Å². The Kier molecular flexibility index (Phi) is 7.82. The van der Waals surface area contributed by atoms with Crippen LogP contribution in [-0.2, 0) is 14.3 Å². The standard InChI is InChI=1S/C25H29N3O5/c1-4-33-24(31)18-10-12-19(13-11-18)26-22(29)16-21-23(30)28(20-8-6-5-7-9-20)25(32)27(21)15-14-17(2)3/h5-13,17,21H,4,14-16H2,1-3H3,(H,26,29)/t21-/m0/s1. The number of benzene rings is 2. The van der Waals surface area contributed by atoms with Crippen LogP contribution in [0.3, 0.4) is 0 Å². The van der Waals surface area contributed by atoms with Gasteiger partial charge in [0.05, 0.1) is 24.3 Å². The molecule has 0 bridgehead atoms. The quantitative estimate of drug-likeness (QED) is 0.458. The van der Waals surface area contributed by atoms with E-state index in [0.717, 1.165) is 11.3 Å². The molecule has 33 heavy (non-hydrogen) atoms. The second kappa shape index (κ2) is 10.8. The number of esters is 1. The molecular weight excluding hydrogens is 422 g/mol. The average molecular weight is 452 g/mol. The average Bonchev–Trinajstić information content (AvgIpc) is 3.02. The van der Waals surface area contributed by atoms with Gasteiger partial charge < -0.3 is 15.0 Å². The minimum Gasteiger partial charge on any atom is -0.462 e. The summed E-state index contributed by atoms with van der Waals surface area (Å²) in [4.78, 5) is 53.4. The minimum absolute atomic E-state index is 0.161. The van der Waals surface area contributed by atoms with E-state index in [1.807, 2.05) is 19.9 Å². The lowest BCUT2D eigenvalue weighted by Crippen LogP contribution is -2.39. The molecule has 1 aliphatic heterocycles. The van der Waals surface area contributed by atoms with Gasteiger partial charge in [-0.05, 0) is 55.7 Å². The van der Waals surface area contributed by atoms with Crippen LogP contribution in [-0.4, -0.2) is 47.9 Å². The van der Waals surface area contributed by atoms with Crippen LogP contribution in [0.5, 0.6) is 0 Å². The van der Waals surface area contributed by atoms with Crippen LogP contribution in [0.15, 0.2) is 54.6 Å². The largest absolute Gasteiger partial charge is 0.462 e. The van der Waals surface area contributed by atoms with Gasteiger partial charge in [0.1, 0.15) is 6.04 Å². The molecular formula is C25H29N3O5. The third kappa shape index (κ3) is 5.77. The number of para-hydroxylation sites is 1. The maximum Gasteiger partial charge on any atom is 0.338 e. The molecule has 8 heteroatoms. The maximum absolute atomic E-state index is 13.2. The van der Waals surface area contributed by atoms with E-state index in [4.69, 9.17) is 4.74 Å². The molecule has 4 amide bonds. The van der Waals surface area contributed by atoms with Gasteiger partial charge in [-0.3, -0.25) is 9.59 Å². The number of nitrogens with zero attached hydrogens (tertiary/aromatic N) is 2. The van der Waals surface area contributed by atoms with Crippen molar-refractivity contribution in [2.24, 2.45) is 5.92 Å². The van der Waals surface area contributed by atoms with Gasteiger partial charge in [-0.15, -0.1) is 0 Å². The van der Waals surface area contributed by atoms with Gasteiger partial charge >= 0.3 is 12.0 Å². The van der Waals surface area contributed by atoms with E-state index < -0.39 is 29.9 Å². The molecule has 3 rings (SSSR count). The summed E-state index contributed by atoms with van der Waals surface area (Å²) in [6, 6.07) is 13.7. The van der Waals surface area contributed by atoms with Crippen molar-refractivity contribution in [3.8, 4) is 0 Å². The van der Waals surface area contributed by atoms with Crippen LogP contribution in [0.2, 0.25) is 0 Å². The fourth-order valence-electron chi connectivity index (χ4n) is 3.59. The van der Waals surface area contributed by atoms with Crippen molar-refractivity contribution in [1.82, 2.24) is 4.90 Å². The number of hydrogen-bond donors (Lipinski definition) is 1. The molecule has 0 aliphatic carbocycles. The minimum atomic E-state index is -0.879. The first-order valence-corrected chi connectivity index (χ1v) is 11.1. The Morgan fingerprint density at radius 1 is 1.03 bits per heavy atom. The second-order valence-corrected chi connectivity index (χ2v) is 8.23. The van der Waals surface area contributed by atoms with E-state index in [1.165, 1.54) is 4.90 Å². The topological polar surface area (TPSA) is 96.0 Å². The van der Waals surface area contributed by atoms with E-state index >= 15 is 0 Å². The molecule has 0 spiro atoms. The maximum atomic E-state index is 13.2. The first kappa shape index (κ1) is 24.0. The lowest BCUT2D eigenvalue weighted by atomic mass is 10.1. The number of amides is 4. The molecule has 8 nitrogen and oxygen atoms in total. The van der Waals surface area contributed by atoms with Gasteiger partial charge in [-0.1, -0.05) is 32.0 Å². The number of imide groups is 1. The van der Waals surface area contributed by atoms with E-state index in [1.54, 1.807) is 55.5 Å². The van der Waals surface area contributed by atoms with Crippen LogP contribution < -0.4 is 10.2 Å². The van der Waals surface area contributed by atoms with E-state index in [-0.39, 0.29) is 13.0 Å². The Morgan fingerprint density at radius 3 is 2.30 bits per heavy atom. The lowest BCUT2D eigenvalue weighted by Gasteiger charge is -2.22. The van der Waals surface area contributed by atoms with Crippen LogP contribution in [0, 0.1) is 5.92 Å². The predicted octanol–water partition coefficient (Wildman–Crippen LogP) is 4.08. The number of urea groups is 1. The number of anilines is 2. The number of rotatable bonds is 9. The van der Waals surface area contributed by atoms with Crippen molar-refractivity contribution in [3.63, 3.8) is 0 Å². The van der Waals surface area contributed by atoms with Crippen molar-refractivity contribution in [3.05, 3.63) is 60.2 Å². The monoisotopic (exact) mass is 451 g/mol. The zero-order valence-corrected chi connectivity index (χ0v) is 19.1. The van der Waals surface area contributed by atoms with Crippen molar-refractivity contribution >= 4 is 35.2 Å². The summed E-state index contributed by atoms with van der Waals surface area (Å²) in [5, 5.41) is 2.74. The Labute approximate surface area is 193 Å². The van der Waals surface area contributed by atoms with Crippen LogP contribution in [0.25, 0.3) is 0 Å². The predicted molar refractivity (Wildman–Crippen MR) is 125 cm³/mol. The second-order valence-electron chi connectivity index (χ2n) is 8.23. The fraction of sp³-hybridized carbons (Fsp3) is 0.360. The van der Waals surface area contributed by atoms with Crippen LogP contribution in [0.1, 0.15) is 44.0 Å². The van der Waals surface area contributed by atoms with E-state index in [0.29, 0.717) is 29.4 Å². The molecule has 2 aromatic rings. The molecule has 1 saturated heterocycles. The Morgan fingerprint density at radius 2 is 1.70 bits per heavy atom. The normalized spacial score (nSPS) is 15.8. The van der Waals surface area contributed by atoms with Gasteiger partial charge in [0.15, 0.2) is 0 Å². The molecule has 174 valence electrons. The van der Waals surface area contributed by atoms with Crippen molar-refractivity contribution in [2.75, 3.05) is 23.4 Å². The van der Waals surface area contributed by atoms with Gasteiger partial charge in [-0.2, -0.15) is 0 Å². The first-order chi connectivity index (χ1) is 15.8. The highest BCUT2D eigenvalue weighted by atomic mass is 16.5. The molecule has 1 aliphatic rings. The van der Waals surface area contributed by atoms with Gasteiger partial charge in [0.25, 0.3) is 5.91 Å². The number of hydrogen-bond acceptors (Lipinski definition) is 5. The summed E-state index contributed by atoms with van der Waals surface area (Å²) in [6.07, 6.45) is 0.556. The number of carbonyl (C=O) groups excluding carboxylic acids is 4. The zero-order valence-electron chi connectivity index (χ0n) is 19.1. The molecule has 1 heterocycles. The SMILES string of the molecule is CCOC(=O)c1ccc(NC(=O)C[C@H]2C(=O)N(c3ccccc3)C(=O)N2CCC(C)C)cc1. The van der Waals surface area contributed by atoms with Crippen LogP contribution >= 0.6 is 0 Å².